The molecule has 1 aliphatic carbocycles. The van der Waals surface area contributed by atoms with Gasteiger partial charge in [-0.1, -0.05) is 24.3 Å². The van der Waals surface area contributed by atoms with Crippen molar-refractivity contribution in [1.82, 2.24) is 5.32 Å². The maximum Gasteiger partial charge on any atom is 0.251 e. The predicted molar refractivity (Wildman–Crippen MR) is 104 cm³/mol. The zero-order valence-electron chi connectivity index (χ0n) is 15.1. The van der Waals surface area contributed by atoms with Gasteiger partial charge >= 0.3 is 0 Å². The first kappa shape index (κ1) is 18.5. The second-order valence-electron chi connectivity index (χ2n) is 6.89. The van der Waals surface area contributed by atoms with Crippen LogP contribution in [0, 0.1) is 0 Å². The molecule has 5 nitrogen and oxygen atoms in total. The number of benzene rings is 2. The quantitative estimate of drug-likeness (QED) is 0.844. The lowest BCUT2D eigenvalue weighted by molar-refractivity contribution is 0.0940. The molecule has 0 fully saturated rings. The highest BCUT2D eigenvalue weighted by Gasteiger charge is 2.15. The molecule has 0 aliphatic heterocycles. The molecular formula is C20H24N2O3S. The van der Waals surface area contributed by atoms with E-state index in [0.29, 0.717) is 11.3 Å². The van der Waals surface area contributed by atoms with Crippen molar-refractivity contribution in [3.8, 4) is 0 Å². The molecule has 0 spiro atoms. The average Bonchev–Trinajstić information content (AvgIpc) is 2.60. The molecule has 1 aliphatic rings. The summed E-state index contributed by atoms with van der Waals surface area (Å²) in [6.45, 7) is 1.96. The van der Waals surface area contributed by atoms with Gasteiger partial charge in [0.1, 0.15) is 0 Å². The highest BCUT2D eigenvalue weighted by atomic mass is 32.2. The van der Waals surface area contributed by atoms with E-state index in [-0.39, 0.29) is 11.9 Å². The number of fused-ring (bicyclic) bond motifs is 1. The normalized spacial score (nSPS) is 15.0. The Kier molecular flexibility index (Phi) is 5.32. The van der Waals surface area contributed by atoms with Crippen molar-refractivity contribution in [2.24, 2.45) is 0 Å². The molecule has 2 aromatic rings. The SMILES string of the molecule is C[C@@H](NC(=O)c1cccc(NS(C)(=O)=O)c1)c1ccc2c(c1)CCCC2. The van der Waals surface area contributed by atoms with E-state index in [4.69, 9.17) is 0 Å². The summed E-state index contributed by atoms with van der Waals surface area (Å²) >= 11 is 0. The maximum atomic E-state index is 12.5. The number of hydrogen-bond donors (Lipinski definition) is 2. The van der Waals surface area contributed by atoms with Crippen molar-refractivity contribution >= 4 is 21.6 Å². The first-order chi connectivity index (χ1) is 12.3. The number of rotatable bonds is 5. The fraction of sp³-hybridized carbons (Fsp3) is 0.350. The van der Waals surface area contributed by atoms with Crippen molar-refractivity contribution in [2.45, 2.75) is 38.6 Å². The van der Waals surface area contributed by atoms with Crippen LogP contribution in [0.5, 0.6) is 0 Å². The lowest BCUT2D eigenvalue weighted by Crippen LogP contribution is -2.27. The molecular weight excluding hydrogens is 348 g/mol. The molecule has 2 aromatic carbocycles. The zero-order valence-corrected chi connectivity index (χ0v) is 15.9. The third-order valence-corrected chi connectivity index (χ3v) is 5.25. The minimum Gasteiger partial charge on any atom is -0.346 e. The molecule has 0 bridgehead atoms. The number of carbonyl (C=O) groups excluding carboxylic acids is 1. The van der Waals surface area contributed by atoms with Gasteiger partial charge < -0.3 is 5.32 Å². The first-order valence-electron chi connectivity index (χ1n) is 8.82. The van der Waals surface area contributed by atoms with Gasteiger partial charge in [0.25, 0.3) is 5.91 Å². The molecule has 0 unspecified atom stereocenters. The average molecular weight is 372 g/mol. The standard InChI is InChI=1S/C20H24N2O3S/c1-14(16-11-10-15-6-3-4-7-17(15)12-16)21-20(23)18-8-5-9-19(13-18)22-26(2,24)25/h5,8-14,22H,3-4,6-7H2,1-2H3,(H,21,23)/t14-/m1/s1. The van der Waals surface area contributed by atoms with Crippen molar-refractivity contribution in [1.29, 1.82) is 0 Å². The molecule has 0 radical (unpaired) electrons. The number of hydrogen-bond acceptors (Lipinski definition) is 3. The summed E-state index contributed by atoms with van der Waals surface area (Å²) in [7, 11) is -3.38. The second-order valence-corrected chi connectivity index (χ2v) is 8.63. The van der Waals surface area contributed by atoms with Gasteiger partial charge in [-0.15, -0.1) is 0 Å². The smallest absolute Gasteiger partial charge is 0.251 e. The Labute approximate surface area is 154 Å². The fourth-order valence-corrected chi connectivity index (χ4v) is 3.88. The lowest BCUT2D eigenvalue weighted by Gasteiger charge is -2.20. The molecule has 0 heterocycles. The van der Waals surface area contributed by atoms with Gasteiger partial charge in [-0.3, -0.25) is 9.52 Å². The molecule has 2 N–H and O–H groups in total. The minimum atomic E-state index is -3.38. The molecule has 0 saturated carbocycles. The zero-order chi connectivity index (χ0) is 18.7. The Bertz CT molecular complexity index is 922. The number of anilines is 1. The Balaban J connectivity index is 1.72. The van der Waals surface area contributed by atoms with Crippen LogP contribution in [0.2, 0.25) is 0 Å². The number of carbonyl (C=O) groups is 1. The van der Waals surface area contributed by atoms with Crippen LogP contribution < -0.4 is 10.0 Å². The summed E-state index contributed by atoms with van der Waals surface area (Å²) in [5.74, 6) is -0.229. The molecule has 26 heavy (non-hydrogen) atoms. The molecule has 1 atom stereocenters. The van der Waals surface area contributed by atoms with E-state index in [2.05, 4.69) is 28.2 Å². The van der Waals surface area contributed by atoms with Crippen molar-refractivity contribution in [3.63, 3.8) is 0 Å². The largest absolute Gasteiger partial charge is 0.346 e. The fourth-order valence-electron chi connectivity index (χ4n) is 3.32. The van der Waals surface area contributed by atoms with E-state index in [0.717, 1.165) is 24.7 Å². The summed E-state index contributed by atoms with van der Waals surface area (Å²) in [4.78, 5) is 12.5. The van der Waals surface area contributed by atoms with Gasteiger partial charge in [0.2, 0.25) is 10.0 Å². The summed E-state index contributed by atoms with van der Waals surface area (Å²) in [5, 5.41) is 2.99. The van der Waals surface area contributed by atoms with Crippen LogP contribution in [0.25, 0.3) is 0 Å². The van der Waals surface area contributed by atoms with Gasteiger partial charge in [-0.2, -0.15) is 0 Å². The van der Waals surface area contributed by atoms with Crippen LogP contribution in [-0.2, 0) is 22.9 Å². The Morgan fingerprint density at radius 3 is 2.50 bits per heavy atom. The molecule has 0 aromatic heterocycles. The minimum absolute atomic E-state index is 0.124. The van der Waals surface area contributed by atoms with E-state index in [1.54, 1.807) is 18.2 Å². The molecule has 6 heteroatoms. The highest BCUT2D eigenvalue weighted by Crippen LogP contribution is 2.25. The van der Waals surface area contributed by atoms with E-state index < -0.39 is 10.0 Å². The van der Waals surface area contributed by atoms with Gasteiger partial charge in [0.15, 0.2) is 0 Å². The van der Waals surface area contributed by atoms with Gasteiger partial charge in [-0.25, -0.2) is 8.42 Å². The third-order valence-electron chi connectivity index (χ3n) is 4.65. The Morgan fingerprint density at radius 2 is 1.77 bits per heavy atom. The van der Waals surface area contributed by atoms with Gasteiger partial charge in [-0.05, 0) is 67.5 Å². The van der Waals surface area contributed by atoms with Gasteiger partial charge in [0.05, 0.1) is 12.3 Å². The summed E-state index contributed by atoms with van der Waals surface area (Å²) < 4.78 is 25.1. The third kappa shape index (κ3) is 4.64. The van der Waals surface area contributed by atoms with Crippen LogP contribution in [-0.4, -0.2) is 20.6 Å². The molecule has 1 amide bonds. The second kappa shape index (κ2) is 7.50. The number of aryl methyl sites for hydroxylation is 2. The van der Waals surface area contributed by atoms with Crippen molar-refractivity contribution in [2.75, 3.05) is 11.0 Å². The first-order valence-corrected chi connectivity index (χ1v) is 10.7. The summed E-state index contributed by atoms with van der Waals surface area (Å²) in [6, 6.07) is 12.8. The topological polar surface area (TPSA) is 75.3 Å². The monoisotopic (exact) mass is 372 g/mol. The predicted octanol–water partition coefficient (Wildman–Crippen LogP) is 3.43. The van der Waals surface area contributed by atoms with Crippen LogP contribution in [0.4, 0.5) is 5.69 Å². The molecule has 3 rings (SSSR count). The number of amides is 1. The van der Waals surface area contributed by atoms with Crippen molar-refractivity contribution < 1.29 is 13.2 Å². The van der Waals surface area contributed by atoms with Crippen LogP contribution >= 0.6 is 0 Å². The van der Waals surface area contributed by atoms with Crippen LogP contribution in [0.15, 0.2) is 42.5 Å². The van der Waals surface area contributed by atoms with Crippen LogP contribution in [0.1, 0.15) is 52.9 Å². The van der Waals surface area contributed by atoms with E-state index >= 15 is 0 Å². The van der Waals surface area contributed by atoms with Gasteiger partial charge in [0, 0.05) is 11.3 Å². The van der Waals surface area contributed by atoms with E-state index in [9.17, 15) is 13.2 Å². The molecule has 138 valence electrons. The number of nitrogens with one attached hydrogen (secondary N) is 2. The summed E-state index contributed by atoms with van der Waals surface area (Å²) in [6.07, 6.45) is 5.78. The Morgan fingerprint density at radius 1 is 1.04 bits per heavy atom. The lowest BCUT2D eigenvalue weighted by atomic mass is 9.89. The molecule has 0 saturated heterocycles. The van der Waals surface area contributed by atoms with Crippen LogP contribution in [0.3, 0.4) is 0 Å². The Hall–Kier alpha value is -2.34. The maximum absolute atomic E-state index is 12.5. The number of sulfonamides is 1. The summed E-state index contributed by atoms with van der Waals surface area (Å²) in [5.41, 5.74) is 4.68. The highest BCUT2D eigenvalue weighted by molar-refractivity contribution is 7.92. The van der Waals surface area contributed by atoms with Crippen molar-refractivity contribution in [3.05, 3.63) is 64.7 Å². The van der Waals surface area contributed by atoms with E-state index in [1.807, 2.05) is 6.92 Å². The van der Waals surface area contributed by atoms with E-state index in [1.165, 1.54) is 30.0 Å².